The SMILES string of the molecule is Cc1cc(NC(=O)C(C)SCC(=O)NCCC2CCCNC2)no1. The molecule has 1 aromatic heterocycles. The van der Waals surface area contributed by atoms with Gasteiger partial charge in [0.2, 0.25) is 11.8 Å². The van der Waals surface area contributed by atoms with Crippen LogP contribution in [0.4, 0.5) is 5.82 Å². The van der Waals surface area contributed by atoms with Crippen LogP contribution in [-0.4, -0.2) is 47.6 Å². The third-order valence-corrected chi connectivity index (χ3v) is 5.13. The Labute approximate surface area is 146 Å². The highest BCUT2D eigenvalue weighted by atomic mass is 32.2. The molecule has 2 unspecified atom stereocenters. The van der Waals surface area contributed by atoms with Crippen LogP contribution in [0, 0.1) is 12.8 Å². The molecule has 2 amide bonds. The molecule has 134 valence electrons. The van der Waals surface area contributed by atoms with Crippen LogP contribution in [0.5, 0.6) is 0 Å². The van der Waals surface area contributed by atoms with E-state index < -0.39 is 0 Å². The van der Waals surface area contributed by atoms with Gasteiger partial charge in [-0.05, 0) is 52.1 Å². The summed E-state index contributed by atoms with van der Waals surface area (Å²) in [5.41, 5.74) is 0. The maximum absolute atomic E-state index is 12.0. The molecule has 24 heavy (non-hydrogen) atoms. The summed E-state index contributed by atoms with van der Waals surface area (Å²) in [5.74, 6) is 1.75. The quantitative estimate of drug-likeness (QED) is 0.655. The van der Waals surface area contributed by atoms with E-state index in [1.54, 1.807) is 19.9 Å². The van der Waals surface area contributed by atoms with Crippen LogP contribution in [0.25, 0.3) is 0 Å². The standard InChI is InChI=1S/C16H26N4O3S/c1-11-8-14(20-23-11)19-16(22)12(2)24-10-15(21)18-7-5-13-4-3-6-17-9-13/h8,12-13,17H,3-7,9-10H2,1-2H3,(H,18,21)(H,19,20,22). The van der Waals surface area contributed by atoms with E-state index in [1.807, 2.05) is 0 Å². The Bertz CT molecular complexity index is 543. The molecule has 0 aromatic carbocycles. The number of hydrogen-bond donors (Lipinski definition) is 3. The van der Waals surface area contributed by atoms with Crippen LogP contribution in [0.3, 0.4) is 0 Å². The minimum Gasteiger partial charge on any atom is -0.360 e. The molecule has 2 atom stereocenters. The van der Waals surface area contributed by atoms with Crippen molar-refractivity contribution >= 4 is 29.4 Å². The molecule has 0 bridgehead atoms. The molecule has 0 spiro atoms. The molecule has 1 aliphatic rings. The molecule has 0 aliphatic carbocycles. The van der Waals surface area contributed by atoms with Crippen molar-refractivity contribution in [2.24, 2.45) is 5.92 Å². The monoisotopic (exact) mass is 354 g/mol. The van der Waals surface area contributed by atoms with Crippen molar-refractivity contribution in [2.45, 2.75) is 38.4 Å². The smallest absolute Gasteiger partial charge is 0.238 e. The summed E-state index contributed by atoms with van der Waals surface area (Å²) in [5, 5.41) is 12.4. The highest BCUT2D eigenvalue weighted by molar-refractivity contribution is 8.01. The van der Waals surface area contributed by atoms with Crippen molar-refractivity contribution in [1.29, 1.82) is 0 Å². The Balaban J connectivity index is 1.58. The number of carbonyl (C=O) groups excluding carboxylic acids is 2. The number of nitrogens with zero attached hydrogens (tertiary/aromatic N) is 1. The van der Waals surface area contributed by atoms with E-state index in [1.165, 1.54) is 24.6 Å². The lowest BCUT2D eigenvalue weighted by molar-refractivity contribution is -0.118. The Morgan fingerprint density at radius 1 is 1.54 bits per heavy atom. The lowest BCUT2D eigenvalue weighted by atomic mass is 9.96. The van der Waals surface area contributed by atoms with Crippen LogP contribution in [0.1, 0.15) is 31.9 Å². The van der Waals surface area contributed by atoms with Gasteiger partial charge in [-0.15, -0.1) is 11.8 Å². The number of aryl methyl sites for hydroxylation is 1. The van der Waals surface area contributed by atoms with Gasteiger partial charge in [-0.1, -0.05) is 5.16 Å². The number of rotatable bonds is 8. The average Bonchev–Trinajstić information content (AvgIpc) is 2.98. The van der Waals surface area contributed by atoms with E-state index >= 15 is 0 Å². The first-order chi connectivity index (χ1) is 11.5. The lowest BCUT2D eigenvalue weighted by Crippen LogP contribution is -2.34. The predicted octanol–water partition coefficient (Wildman–Crippen LogP) is 1.55. The minimum atomic E-state index is -0.338. The normalized spacial score (nSPS) is 18.8. The molecule has 1 fully saturated rings. The van der Waals surface area contributed by atoms with Gasteiger partial charge in [-0.2, -0.15) is 0 Å². The fourth-order valence-corrected chi connectivity index (χ4v) is 3.28. The molecule has 2 rings (SSSR count). The highest BCUT2D eigenvalue weighted by Crippen LogP contribution is 2.15. The number of hydrogen-bond acceptors (Lipinski definition) is 6. The minimum absolute atomic E-state index is 0.0271. The zero-order chi connectivity index (χ0) is 17.4. The maximum atomic E-state index is 12.0. The average molecular weight is 354 g/mol. The van der Waals surface area contributed by atoms with E-state index in [0.717, 1.165) is 19.5 Å². The Kier molecular flexibility index (Phi) is 7.58. The fraction of sp³-hybridized carbons (Fsp3) is 0.688. The summed E-state index contributed by atoms with van der Waals surface area (Å²) in [6.45, 7) is 6.38. The number of amides is 2. The number of aromatic nitrogens is 1. The molecule has 3 N–H and O–H groups in total. The number of thioether (sulfide) groups is 1. The molecule has 0 saturated carbocycles. The van der Waals surface area contributed by atoms with Crippen LogP contribution in [-0.2, 0) is 9.59 Å². The van der Waals surface area contributed by atoms with E-state index in [4.69, 9.17) is 4.52 Å². The first-order valence-corrected chi connectivity index (χ1v) is 9.42. The van der Waals surface area contributed by atoms with Crippen LogP contribution in [0.2, 0.25) is 0 Å². The Morgan fingerprint density at radius 2 is 2.38 bits per heavy atom. The topological polar surface area (TPSA) is 96.3 Å². The van der Waals surface area contributed by atoms with Crippen molar-refractivity contribution in [3.8, 4) is 0 Å². The summed E-state index contributed by atoms with van der Waals surface area (Å²) in [6, 6.07) is 1.65. The molecule has 1 aromatic rings. The lowest BCUT2D eigenvalue weighted by Gasteiger charge is -2.22. The second kappa shape index (κ2) is 9.68. The van der Waals surface area contributed by atoms with E-state index in [-0.39, 0.29) is 22.8 Å². The van der Waals surface area contributed by atoms with Gasteiger partial charge >= 0.3 is 0 Å². The van der Waals surface area contributed by atoms with Gasteiger partial charge in [0.15, 0.2) is 5.82 Å². The zero-order valence-corrected chi connectivity index (χ0v) is 15.1. The summed E-state index contributed by atoms with van der Waals surface area (Å²) < 4.78 is 4.90. The second-order valence-electron chi connectivity index (χ2n) is 6.12. The number of nitrogens with one attached hydrogen (secondary N) is 3. The third kappa shape index (κ3) is 6.52. The van der Waals surface area contributed by atoms with Crippen molar-refractivity contribution in [1.82, 2.24) is 15.8 Å². The number of piperidine rings is 1. The van der Waals surface area contributed by atoms with E-state index in [9.17, 15) is 9.59 Å². The van der Waals surface area contributed by atoms with Gasteiger partial charge in [-0.25, -0.2) is 0 Å². The molecular formula is C16H26N4O3S. The van der Waals surface area contributed by atoms with Gasteiger partial charge in [-0.3, -0.25) is 9.59 Å². The van der Waals surface area contributed by atoms with Gasteiger partial charge in [0.05, 0.1) is 11.0 Å². The maximum Gasteiger partial charge on any atom is 0.238 e. The third-order valence-electron chi connectivity index (χ3n) is 3.99. The van der Waals surface area contributed by atoms with Crippen molar-refractivity contribution in [3.63, 3.8) is 0 Å². The van der Waals surface area contributed by atoms with Crippen LogP contribution in [0.15, 0.2) is 10.6 Å². The number of carbonyl (C=O) groups is 2. The fourth-order valence-electron chi connectivity index (χ4n) is 2.57. The molecule has 1 saturated heterocycles. The van der Waals surface area contributed by atoms with E-state index in [2.05, 4.69) is 21.1 Å². The molecule has 1 aliphatic heterocycles. The van der Waals surface area contributed by atoms with Crippen LogP contribution >= 0.6 is 11.8 Å². The van der Waals surface area contributed by atoms with Crippen molar-refractivity contribution < 1.29 is 14.1 Å². The Morgan fingerprint density at radius 3 is 3.04 bits per heavy atom. The number of anilines is 1. The second-order valence-corrected chi connectivity index (χ2v) is 7.45. The molecule has 8 heteroatoms. The van der Waals surface area contributed by atoms with Crippen LogP contribution < -0.4 is 16.0 Å². The molecular weight excluding hydrogens is 328 g/mol. The van der Waals surface area contributed by atoms with Gasteiger partial charge in [0, 0.05) is 12.6 Å². The summed E-state index contributed by atoms with van der Waals surface area (Å²) >= 11 is 1.31. The van der Waals surface area contributed by atoms with Gasteiger partial charge in [0.1, 0.15) is 5.76 Å². The first-order valence-electron chi connectivity index (χ1n) is 8.38. The summed E-state index contributed by atoms with van der Waals surface area (Å²) in [4.78, 5) is 23.9. The first kappa shape index (κ1) is 18.8. The van der Waals surface area contributed by atoms with E-state index in [0.29, 0.717) is 24.0 Å². The van der Waals surface area contributed by atoms with Crippen molar-refractivity contribution in [2.75, 3.05) is 30.7 Å². The van der Waals surface area contributed by atoms with Gasteiger partial charge < -0.3 is 20.5 Å². The molecule has 2 heterocycles. The summed E-state index contributed by atoms with van der Waals surface area (Å²) in [6.07, 6.45) is 3.45. The summed E-state index contributed by atoms with van der Waals surface area (Å²) in [7, 11) is 0. The largest absolute Gasteiger partial charge is 0.360 e. The molecule has 7 nitrogen and oxygen atoms in total. The highest BCUT2D eigenvalue weighted by Gasteiger charge is 2.17. The predicted molar refractivity (Wildman–Crippen MR) is 95.0 cm³/mol. The molecule has 0 radical (unpaired) electrons. The zero-order valence-electron chi connectivity index (χ0n) is 14.3. The Hall–Kier alpha value is -1.54. The van der Waals surface area contributed by atoms with Gasteiger partial charge in [0.25, 0.3) is 0 Å². The van der Waals surface area contributed by atoms with Crippen molar-refractivity contribution in [3.05, 3.63) is 11.8 Å².